The second kappa shape index (κ2) is 2.11. The van der Waals surface area contributed by atoms with Gasteiger partial charge in [-0.3, -0.25) is 4.79 Å². The van der Waals surface area contributed by atoms with Crippen molar-refractivity contribution in [2.45, 2.75) is 12.8 Å². The van der Waals surface area contributed by atoms with E-state index in [1.807, 2.05) is 0 Å². The summed E-state index contributed by atoms with van der Waals surface area (Å²) in [5, 5.41) is 2.88. The van der Waals surface area contributed by atoms with Crippen molar-refractivity contribution >= 4 is 5.91 Å². The van der Waals surface area contributed by atoms with E-state index in [4.69, 9.17) is 0 Å². The number of hydrogen-bond donors (Lipinski definition) is 1. The van der Waals surface area contributed by atoms with E-state index in [0.717, 1.165) is 19.4 Å². The van der Waals surface area contributed by atoms with Crippen molar-refractivity contribution in [1.82, 2.24) is 5.32 Å². The largest absolute Gasteiger partial charge is 0.356 e. The lowest BCUT2D eigenvalue weighted by Crippen LogP contribution is -2.20. The SMILES string of the molecule is O=C1NC[C@@H]2CC=CC[C@H]12. The molecule has 0 unspecified atom stereocenters. The van der Waals surface area contributed by atoms with E-state index >= 15 is 0 Å². The number of fused-ring (bicyclic) bond motifs is 1. The molecule has 2 rings (SSSR count). The first kappa shape index (κ1) is 5.96. The molecule has 2 heteroatoms. The third-order valence-corrected chi connectivity index (χ3v) is 2.44. The molecule has 10 heavy (non-hydrogen) atoms. The number of nitrogens with one attached hydrogen (secondary N) is 1. The van der Waals surface area contributed by atoms with Crippen LogP contribution in [0.15, 0.2) is 12.2 Å². The Labute approximate surface area is 60.3 Å². The standard InChI is InChI=1S/C8H11NO/c10-8-7-4-2-1-3-6(7)5-9-8/h1-2,6-7H,3-5H2,(H,9,10)/t6-,7-/m0/s1. The van der Waals surface area contributed by atoms with Gasteiger partial charge in [-0.15, -0.1) is 0 Å². The molecule has 1 amide bonds. The fraction of sp³-hybridized carbons (Fsp3) is 0.625. The van der Waals surface area contributed by atoms with Crippen LogP contribution in [0.5, 0.6) is 0 Å². The predicted molar refractivity (Wildman–Crippen MR) is 38.4 cm³/mol. The van der Waals surface area contributed by atoms with Crippen molar-refractivity contribution in [3.63, 3.8) is 0 Å². The second-order valence-corrected chi connectivity index (χ2v) is 3.05. The molecule has 0 aromatic rings. The summed E-state index contributed by atoms with van der Waals surface area (Å²) in [4.78, 5) is 11.1. The van der Waals surface area contributed by atoms with Crippen LogP contribution in [-0.2, 0) is 4.79 Å². The Kier molecular flexibility index (Phi) is 1.26. The fourth-order valence-electron chi connectivity index (χ4n) is 1.78. The minimum absolute atomic E-state index is 0.259. The van der Waals surface area contributed by atoms with Gasteiger partial charge in [0.1, 0.15) is 0 Å². The molecule has 54 valence electrons. The average molecular weight is 137 g/mol. The predicted octanol–water partition coefficient (Wildman–Crippen LogP) is 0.699. The maximum atomic E-state index is 11.1. The van der Waals surface area contributed by atoms with E-state index in [-0.39, 0.29) is 5.91 Å². The summed E-state index contributed by atoms with van der Waals surface area (Å²) in [6.07, 6.45) is 6.34. The first-order valence-electron chi connectivity index (χ1n) is 3.80. The van der Waals surface area contributed by atoms with Crippen molar-refractivity contribution in [1.29, 1.82) is 0 Å². The highest BCUT2D eigenvalue weighted by Crippen LogP contribution is 2.28. The summed E-state index contributed by atoms with van der Waals surface area (Å²) in [5.74, 6) is 1.15. The smallest absolute Gasteiger partial charge is 0.223 e. The highest BCUT2D eigenvalue weighted by atomic mass is 16.2. The summed E-state index contributed by atoms with van der Waals surface area (Å²) < 4.78 is 0. The number of rotatable bonds is 0. The van der Waals surface area contributed by atoms with E-state index in [0.29, 0.717) is 11.8 Å². The lowest BCUT2D eigenvalue weighted by molar-refractivity contribution is -0.122. The summed E-state index contributed by atoms with van der Waals surface area (Å²) in [6.45, 7) is 0.897. The number of allylic oxidation sites excluding steroid dienone is 2. The van der Waals surface area contributed by atoms with Crippen LogP contribution in [0.3, 0.4) is 0 Å². The van der Waals surface area contributed by atoms with E-state index in [1.165, 1.54) is 0 Å². The Bertz CT molecular complexity index is 186. The van der Waals surface area contributed by atoms with Crippen molar-refractivity contribution in [2.24, 2.45) is 11.8 Å². The molecule has 0 bridgehead atoms. The molecule has 1 saturated heterocycles. The lowest BCUT2D eigenvalue weighted by Gasteiger charge is -2.16. The van der Waals surface area contributed by atoms with Crippen molar-refractivity contribution in [3.8, 4) is 0 Å². The summed E-state index contributed by atoms with van der Waals surface area (Å²) >= 11 is 0. The molecule has 2 atom stereocenters. The van der Waals surface area contributed by atoms with Gasteiger partial charge in [0.2, 0.25) is 5.91 Å². The quantitative estimate of drug-likeness (QED) is 0.489. The number of carbonyl (C=O) groups is 1. The Morgan fingerprint density at radius 3 is 3.00 bits per heavy atom. The van der Waals surface area contributed by atoms with Crippen LogP contribution < -0.4 is 5.32 Å². The minimum Gasteiger partial charge on any atom is -0.356 e. The first-order chi connectivity index (χ1) is 4.88. The molecular formula is C8H11NO. The molecule has 1 heterocycles. The van der Waals surface area contributed by atoms with Crippen molar-refractivity contribution in [3.05, 3.63) is 12.2 Å². The maximum absolute atomic E-state index is 11.1. The summed E-state index contributed by atoms with van der Waals surface area (Å²) in [5.41, 5.74) is 0. The van der Waals surface area contributed by atoms with Gasteiger partial charge in [0.05, 0.1) is 0 Å². The van der Waals surface area contributed by atoms with Gasteiger partial charge in [-0.2, -0.15) is 0 Å². The molecule has 1 aliphatic heterocycles. The number of hydrogen-bond acceptors (Lipinski definition) is 1. The summed E-state index contributed by atoms with van der Waals surface area (Å²) in [7, 11) is 0. The molecule has 0 aromatic carbocycles. The van der Waals surface area contributed by atoms with Crippen LogP contribution in [0.1, 0.15) is 12.8 Å². The first-order valence-corrected chi connectivity index (χ1v) is 3.80. The average Bonchev–Trinajstić information content (AvgIpc) is 2.34. The molecule has 1 aliphatic carbocycles. The van der Waals surface area contributed by atoms with Gasteiger partial charge in [0.15, 0.2) is 0 Å². The highest BCUT2D eigenvalue weighted by Gasteiger charge is 2.33. The van der Waals surface area contributed by atoms with Gasteiger partial charge >= 0.3 is 0 Å². The molecule has 0 radical (unpaired) electrons. The topological polar surface area (TPSA) is 29.1 Å². The third kappa shape index (κ3) is 0.753. The zero-order chi connectivity index (χ0) is 6.97. The monoisotopic (exact) mass is 137 g/mol. The van der Waals surface area contributed by atoms with Crippen molar-refractivity contribution in [2.75, 3.05) is 6.54 Å². The van der Waals surface area contributed by atoms with Crippen molar-refractivity contribution < 1.29 is 4.79 Å². The normalized spacial score (nSPS) is 37.4. The fourth-order valence-corrected chi connectivity index (χ4v) is 1.78. The van der Waals surface area contributed by atoms with Crippen LogP contribution in [0.25, 0.3) is 0 Å². The molecule has 0 saturated carbocycles. The second-order valence-electron chi connectivity index (χ2n) is 3.05. The molecule has 1 N–H and O–H groups in total. The van der Waals surface area contributed by atoms with Crippen LogP contribution in [0.4, 0.5) is 0 Å². The van der Waals surface area contributed by atoms with Crippen LogP contribution in [0.2, 0.25) is 0 Å². The van der Waals surface area contributed by atoms with E-state index in [2.05, 4.69) is 17.5 Å². The van der Waals surface area contributed by atoms with Crippen LogP contribution >= 0.6 is 0 Å². The summed E-state index contributed by atoms with van der Waals surface area (Å²) in [6, 6.07) is 0. The lowest BCUT2D eigenvalue weighted by atomic mass is 9.86. The van der Waals surface area contributed by atoms with Gasteiger partial charge in [0.25, 0.3) is 0 Å². The van der Waals surface area contributed by atoms with Gasteiger partial charge < -0.3 is 5.32 Å². The number of carbonyl (C=O) groups excluding carboxylic acids is 1. The van der Waals surface area contributed by atoms with E-state index < -0.39 is 0 Å². The molecule has 2 nitrogen and oxygen atoms in total. The zero-order valence-corrected chi connectivity index (χ0v) is 5.84. The third-order valence-electron chi connectivity index (χ3n) is 2.44. The van der Waals surface area contributed by atoms with E-state index in [1.54, 1.807) is 0 Å². The Morgan fingerprint density at radius 1 is 1.40 bits per heavy atom. The van der Waals surface area contributed by atoms with Gasteiger partial charge in [-0.25, -0.2) is 0 Å². The van der Waals surface area contributed by atoms with Crippen LogP contribution in [-0.4, -0.2) is 12.5 Å². The minimum atomic E-state index is 0.259. The molecule has 1 fully saturated rings. The Hall–Kier alpha value is -0.790. The number of amides is 1. The molecule has 0 spiro atoms. The van der Waals surface area contributed by atoms with E-state index in [9.17, 15) is 4.79 Å². The van der Waals surface area contributed by atoms with Gasteiger partial charge in [0, 0.05) is 12.5 Å². The zero-order valence-electron chi connectivity index (χ0n) is 5.84. The maximum Gasteiger partial charge on any atom is 0.223 e. The van der Waals surface area contributed by atoms with Gasteiger partial charge in [-0.05, 0) is 18.8 Å². The highest BCUT2D eigenvalue weighted by molar-refractivity contribution is 5.81. The van der Waals surface area contributed by atoms with Gasteiger partial charge in [-0.1, -0.05) is 12.2 Å². The Morgan fingerprint density at radius 2 is 2.20 bits per heavy atom. The van der Waals surface area contributed by atoms with Crippen LogP contribution in [0, 0.1) is 11.8 Å². The molecule has 0 aromatic heterocycles. The Balaban J connectivity index is 2.17. The molecule has 2 aliphatic rings. The molecular weight excluding hydrogens is 126 g/mol.